The predicted molar refractivity (Wildman–Crippen MR) is 119 cm³/mol. The number of ether oxygens (including phenoxy) is 1. The van der Waals surface area contributed by atoms with Crippen LogP contribution in [0.1, 0.15) is 29.1 Å². The van der Waals surface area contributed by atoms with E-state index in [0.29, 0.717) is 36.1 Å². The van der Waals surface area contributed by atoms with E-state index in [0.717, 1.165) is 19.4 Å². The number of halogens is 2. The summed E-state index contributed by atoms with van der Waals surface area (Å²) in [6.45, 7) is 1.73. The molecule has 0 aliphatic carbocycles. The van der Waals surface area contributed by atoms with E-state index in [9.17, 15) is 14.0 Å². The zero-order chi connectivity index (χ0) is 23.4. The van der Waals surface area contributed by atoms with E-state index < -0.39 is 5.97 Å². The summed E-state index contributed by atoms with van der Waals surface area (Å²) >= 11 is 6.04. The van der Waals surface area contributed by atoms with E-state index in [1.165, 1.54) is 25.3 Å². The highest BCUT2D eigenvalue weighted by molar-refractivity contribution is 6.33. The normalized spacial score (nSPS) is 16.4. The standard InChI is InChI=1S/C23H22ClFN4O4/c1-32-23(31)18-11-17(8-9-19(18)24)26-22(30)15-3-2-10-29(12-15)13-20-27-21(28-33-20)14-4-6-16(25)7-5-14/h4-9,11,15H,2-3,10,12-13H2,1H3,(H,26,30). The first-order valence-electron chi connectivity index (χ1n) is 10.4. The number of rotatable bonds is 6. The van der Waals surface area contributed by atoms with Gasteiger partial charge in [0.05, 0.1) is 30.2 Å². The van der Waals surface area contributed by atoms with E-state index in [1.807, 2.05) is 0 Å². The Labute approximate surface area is 194 Å². The molecule has 1 N–H and O–H groups in total. The Morgan fingerprint density at radius 3 is 2.82 bits per heavy atom. The van der Waals surface area contributed by atoms with Crippen LogP contribution in [-0.4, -0.2) is 47.1 Å². The molecule has 1 aliphatic heterocycles. The Kier molecular flexibility index (Phi) is 7.00. The van der Waals surface area contributed by atoms with Crippen molar-refractivity contribution in [3.8, 4) is 11.4 Å². The highest BCUT2D eigenvalue weighted by Gasteiger charge is 2.27. The monoisotopic (exact) mass is 472 g/mol. The first kappa shape index (κ1) is 22.9. The van der Waals surface area contributed by atoms with Gasteiger partial charge in [-0.1, -0.05) is 16.8 Å². The molecule has 1 aliphatic rings. The smallest absolute Gasteiger partial charge is 0.339 e. The topological polar surface area (TPSA) is 97.6 Å². The van der Waals surface area contributed by atoms with Crippen LogP contribution in [0.3, 0.4) is 0 Å². The molecule has 33 heavy (non-hydrogen) atoms. The molecule has 1 unspecified atom stereocenters. The van der Waals surface area contributed by atoms with Gasteiger partial charge in [0.1, 0.15) is 5.82 Å². The number of carbonyl (C=O) groups excluding carboxylic acids is 2. The maximum atomic E-state index is 13.1. The second-order valence-corrected chi connectivity index (χ2v) is 8.18. The first-order chi connectivity index (χ1) is 15.9. The third kappa shape index (κ3) is 5.55. The number of anilines is 1. The van der Waals surface area contributed by atoms with Crippen LogP contribution in [0.5, 0.6) is 0 Å². The number of piperidine rings is 1. The molecule has 172 valence electrons. The predicted octanol–water partition coefficient (Wildman–Crippen LogP) is 4.17. The molecule has 1 saturated heterocycles. The van der Waals surface area contributed by atoms with Gasteiger partial charge in [0, 0.05) is 17.8 Å². The largest absolute Gasteiger partial charge is 0.465 e. The summed E-state index contributed by atoms with van der Waals surface area (Å²) in [5.74, 6) is -0.471. The van der Waals surface area contributed by atoms with Gasteiger partial charge >= 0.3 is 5.97 Å². The fourth-order valence-electron chi connectivity index (χ4n) is 3.75. The minimum Gasteiger partial charge on any atom is -0.465 e. The number of nitrogens with one attached hydrogen (secondary N) is 1. The summed E-state index contributed by atoms with van der Waals surface area (Å²) in [4.78, 5) is 31.2. The highest BCUT2D eigenvalue weighted by Crippen LogP contribution is 2.24. The molecule has 0 saturated carbocycles. The van der Waals surface area contributed by atoms with Crippen molar-refractivity contribution >= 4 is 29.2 Å². The molecule has 1 aromatic heterocycles. The van der Waals surface area contributed by atoms with Gasteiger partial charge in [-0.3, -0.25) is 9.69 Å². The maximum Gasteiger partial charge on any atom is 0.339 e. The number of carbonyl (C=O) groups is 2. The maximum absolute atomic E-state index is 13.1. The molecule has 2 heterocycles. The summed E-state index contributed by atoms with van der Waals surface area (Å²) in [7, 11) is 1.27. The number of aromatic nitrogens is 2. The summed E-state index contributed by atoms with van der Waals surface area (Å²) < 4.78 is 23.2. The number of methoxy groups -OCH3 is 1. The number of esters is 1. The van der Waals surface area contributed by atoms with Crippen molar-refractivity contribution in [1.29, 1.82) is 0 Å². The number of amides is 1. The van der Waals surface area contributed by atoms with E-state index >= 15 is 0 Å². The number of hydrogen-bond donors (Lipinski definition) is 1. The average molecular weight is 473 g/mol. The zero-order valence-corrected chi connectivity index (χ0v) is 18.6. The molecule has 3 aromatic rings. The van der Waals surface area contributed by atoms with Crippen molar-refractivity contribution in [2.24, 2.45) is 5.92 Å². The Morgan fingerprint density at radius 1 is 1.27 bits per heavy atom. The first-order valence-corrected chi connectivity index (χ1v) is 10.8. The second-order valence-electron chi connectivity index (χ2n) is 7.77. The minimum absolute atomic E-state index is 0.143. The molecule has 2 aromatic carbocycles. The number of likely N-dealkylation sites (tertiary alicyclic amines) is 1. The fraction of sp³-hybridized carbons (Fsp3) is 0.304. The average Bonchev–Trinajstić information content (AvgIpc) is 3.28. The number of benzene rings is 2. The van der Waals surface area contributed by atoms with Crippen LogP contribution >= 0.6 is 11.6 Å². The minimum atomic E-state index is -0.570. The molecule has 0 radical (unpaired) electrons. The van der Waals surface area contributed by atoms with Crippen molar-refractivity contribution in [2.75, 3.05) is 25.5 Å². The molecule has 8 nitrogen and oxygen atoms in total. The lowest BCUT2D eigenvalue weighted by molar-refractivity contribution is -0.121. The lowest BCUT2D eigenvalue weighted by Crippen LogP contribution is -2.40. The third-order valence-electron chi connectivity index (χ3n) is 5.44. The van der Waals surface area contributed by atoms with Crippen molar-refractivity contribution in [3.05, 3.63) is 64.8 Å². The Bertz CT molecular complexity index is 1150. The van der Waals surface area contributed by atoms with Crippen LogP contribution in [0.25, 0.3) is 11.4 Å². The molecular weight excluding hydrogens is 451 g/mol. The van der Waals surface area contributed by atoms with Crippen LogP contribution in [0.4, 0.5) is 10.1 Å². The summed E-state index contributed by atoms with van der Waals surface area (Å²) in [6, 6.07) is 10.6. The van der Waals surface area contributed by atoms with Crippen LogP contribution < -0.4 is 5.32 Å². The van der Waals surface area contributed by atoms with Crippen molar-refractivity contribution in [1.82, 2.24) is 15.0 Å². The zero-order valence-electron chi connectivity index (χ0n) is 17.9. The van der Waals surface area contributed by atoms with E-state index in [4.69, 9.17) is 20.9 Å². The van der Waals surface area contributed by atoms with Crippen molar-refractivity contribution < 1.29 is 23.2 Å². The van der Waals surface area contributed by atoms with Gasteiger partial charge in [0.15, 0.2) is 0 Å². The van der Waals surface area contributed by atoms with E-state index in [-0.39, 0.29) is 28.2 Å². The third-order valence-corrected chi connectivity index (χ3v) is 5.77. The van der Waals surface area contributed by atoms with Gasteiger partial charge < -0.3 is 14.6 Å². The van der Waals surface area contributed by atoms with Gasteiger partial charge in [0.25, 0.3) is 0 Å². The van der Waals surface area contributed by atoms with Crippen LogP contribution in [0.15, 0.2) is 47.0 Å². The SMILES string of the molecule is COC(=O)c1cc(NC(=O)C2CCCN(Cc3nc(-c4ccc(F)cc4)no3)C2)ccc1Cl. The number of hydrogen-bond acceptors (Lipinski definition) is 7. The Hall–Kier alpha value is -3.30. The summed E-state index contributed by atoms with van der Waals surface area (Å²) in [6.07, 6.45) is 1.58. The molecule has 0 bridgehead atoms. The molecule has 0 spiro atoms. The number of nitrogens with zero attached hydrogens (tertiary/aromatic N) is 3. The van der Waals surface area contributed by atoms with E-state index in [2.05, 4.69) is 20.4 Å². The molecule has 4 rings (SSSR count). The second kappa shape index (κ2) is 10.1. The van der Waals surface area contributed by atoms with Gasteiger partial charge in [-0.15, -0.1) is 0 Å². The quantitative estimate of drug-likeness (QED) is 0.538. The van der Waals surface area contributed by atoms with Crippen molar-refractivity contribution in [3.63, 3.8) is 0 Å². The Morgan fingerprint density at radius 2 is 2.06 bits per heavy atom. The molecule has 1 amide bonds. The van der Waals surface area contributed by atoms with Crippen LogP contribution in [0.2, 0.25) is 5.02 Å². The molecule has 10 heteroatoms. The lowest BCUT2D eigenvalue weighted by atomic mass is 9.97. The molecule has 1 atom stereocenters. The van der Waals surface area contributed by atoms with E-state index in [1.54, 1.807) is 24.3 Å². The summed E-state index contributed by atoms with van der Waals surface area (Å²) in [5.41, 5.74) is 1.33. The van der Waals surface area contributed by atoms with Crippen molar-refractivity contribution in [2.45, 2.75) is 19.4 Å². The summed E-state index contributed by atoms with van der Waals surface area (Å²) in [5, 5.41) is 7.08. The lowest BCUT2D eigenvalue weighted by Gasteiger charge is -2.30. The fourth-order valence-corrected chi connectivity index (χ4v) is 3.95. The van der Waals surface area contributed by atoms with Crippen LogP contribution in [0, 0.1) is 11.7 Å². The Balaban J connectivity index is 1.37. The molecule has 1 fully saturated rings. The van der Waals surface area contributed by atoms with Gasteiger partial charge in [-0.25, -0.2) is 9.18 Å². The van der Waals surface area contributed by atoms with Gasteiger partial charge in [-0.05, 0) is 61.9 Å². The molecular formula is C23H22ClFN4O4. The van der Waals surface area contributed by atoms with Gasteiger partial charge in [0.2, 0.25) is 17.6 Å². The van der Waals surface area contributed by atoms with Gasteiger partial charge in [-0.2, -0.15) is 4.98 Å². The highest BCUT2D eigenvalue weighted by atomic mass is 35.5. The van der Waals surface area contributed by atoms with Crippen LogP contribution in [-0.2, 0) is 16.1 Å².